The van der Waals surface area contributed by atoms with E-state index < -0.39 is 0 Å². The molecule has 1 aliphatic heterocycles. The molecule has 0 fully saturated rings. The van der Waals surface area contributed by atoms with Gasteiger partial charge in [0, 0.05) is 23.1 Å². The van der Waals surface area contributed by atoms with Crippen LogP contribution in [0.2, 0.25) is 5.02 Å². The Morgan fingerprint density at radius 1 is 1.25 bits per heavy atom. The van der Waals surface area contributed by atoms with E-state index in [2.05, 4.69) is 44.7 Å². The molecule has 2 heteroatoms. The van der Waals surface area contributed by atoms with Gasteiger partial charge in [-0.3, -0.25) is 4.90 Å². The number of fused-ring (bicyclic) bond motifs is 1. The first kappa shape index (κ1) is 11.9. The lowest BCUT2D eigenvalue weighted by atomic mass is 9.90. The third-order valence-corrected chi connectivity index (χ3v) is 3.65. The molecule has 0 bridgehead atoms. The van der Waals surface area contributed by atoms with Crippen molar-refractivity contribution in [3.63, 3.8) is 0 Å². The van der Waals surface area contributed by atoms with Gasteiger partial charge in [0.15, 0.2) is 0 Å². The predicted octanol–water partition coefficient (Wildman–Crippen LogP) is 3.89. The van der Waals surface area contributed by atoms with Crippen molar-refractivity contribution in [3.05, 3.63) is 34.3 Å². The molecule has 88 valence electrons. The molecular weight excluding hydrogens is 218 g/mol. The normalized spacial score (nSPS) is 21.9. The van der Waals surface area contributed by atoms with E-state index in [0.717, 1.165) is 18.0 Å². The van der Waals surface area contributed by atoms with Gasteiger partial charge >= 0.3 is 0 Å². The molecular formula is C14H20ClN. The average Bonchev–Trinajstić information content (AvgIpc) is 2.14. The lowest BCUT2D eigenvalue weighted by molar-refractivity contribution is 0.0720. The summed E-state index contributed by atoms with van der Waals surface area (Å²) in [6.07, 6.45) is 1.10. The number of nitrogens with zero attached hydrogens (tertiary/aromatic N) is 1. The third kappa shape index (κ3) is 2.26. The SMILES string of the molecule is C[C@@H]1Cc2cc(Cl)ccc2CN1C(C)(C)C. The quantitative estimate of drug-likeness (QED) is 0.662. The highest BCUT2D eigenvalue weighted by Crippen LogP contribution is 2.30. The predicted molar refractivity (Wildman–Crippen MR) is 69.9 cm³/mol. The molecule has 1 nitrogen and oxygen atoms in total. The van der Waals surface area contributed by atoms with Crippen molar-refractivity contribution >= 4 is 11.6 Å². The molecule has 0 saturated heterocycles. The molecule has 0 aliphatic carbocycles. The molecule has 0 saturated carbocycles. The summed E-state index contributed by atoms with van der Waals surface area (Å²) in [5.41, 5.74) is 3.08. The maximum Gasteiger partial charge on any atom is 0.0408 e. The Kier molecular flexibility index (Phi) is 3.02. The van der Waals surface area contributed by atoms with Crippen LogP contribution in [-0.2, 0) is 13.0 Å². The standard InChI is InChI=1S/C14H20ClN/c1-10-7-12-8-13(15)6-5-11(12)9-16(10)14(2,3)4/h5-6,8,10H,7,9H2,1-4H3/t10-/m1/s1. The van der Waals surface area contributed by atoms with Gasteiger partial charge in [0.05, 0.1) is 0 Å². The molecule has 1 heterocycles. The highest BCUT2D eigenvalue weighted by Gasteiger charge is 2.30. The Morgan fingerprint density at radius 3 is 2.56 bits per heavy atom. The van der Waals surface area contributed by atoms with E-state index in [0.29, 0.717) is 6.04 Å². The Balaban J connectivity index is 2.32. The minimum Gasteiger partial charge on any atom is -0.291 e. The fourth-order valence-corrected chi connectivity index (χ4v) is 2.80. The maximum atomic E-state index is 6.04. The zero-order chi connectivity index (χ0) is 11.9. The Labute approximate surface area is 103 Å². The van der Waals surface area contributed by atoms with Crippen molar-refractivity contribution in [2.45, 2.75) is 52.2 Å². The van der Waals surface area contributed by atoms with E-state index in [4.69, 9.17) is 11.6 Å². The van der Waals surface area contributed by atoms with E-state index in [1.165, 1.54) is 11.1 Å². The Bertz CT molecular complexity index is 392. The smallest absolute Gasteiger partial charge is 0.0408 e. The molecule has 0 N–H and O–H groups in total. The zero-order valence-corrected chi connectivity index (χ0v) is 11.3. The van der Waals surface area contributed by atoms with Gasteiger partial charge < -0.3 is 0 Å². The molecule has 1 aromatic carbocycles. The highest BCUT2D eigenvalue weighted by atomic mass is 35.5. The number of hydrogen-bond donors (Lipinski definition) is 0. The van der Waals surface area contributed by atoms with Gasteiger partial charge in [0.25, 0.3) is 0 Å². The lowest BCUT2D eigenvalue weighted by Crippen LogP contribution is -2.49. The van der Waals surface area contributed by atoms with Gasteiger partial charge in [-0.2, -0.15) is 0 Å². The van der Waals surface area contributed by atoms with Gasteiger partial charge in [0.1, 0.15) is 0 Å². The van der Waals surface area contributed by atoms with Crippen molar-refractivity contribution in [1.29, 1.82) is 0 Å². The first-order chi connectivity index (χ1) is 7.38. The molecule has 0 spiro atoms. The summed E-state index contributed by atoms with van der Waals surface area (Å²) in [6, 6.07) is 6.87. The second-order valence-corrected chi connectivity index (χ2v) is 6.20. The summed E-state index contributed by atoms with van der Waals surface area (Å²) in [5.74, 6) is 0. The molecule has 1 aromatic rings. The van der Waals surface area contributed by atoms with Gasteiger partial charge in [-0.05, 0) is 57.4 Å². The second kappa shape index (κ2) is 4.05. The highest BCUT2D eigenvalue weighted by molar-refractivity contribution is 6.30. The Morgan fingerprint density at radius 2 is 1.94 bits per heavy atom. The fourth-order valence-electron chi connectivity index (χ4n) is 2.60. The fraction of sp³-hybridized carbons (Fsp3) is 0.571. The molecule has 0 aromatic heterocycles. The topological polar surface area (TPSA) is 3.24 Å². The average molecular weight is 238 g/mol. The van der Waals surface area contributed by atoms with E-state index >= 15 is 0 Å². The molecule has 2 rings (SSSR count). The second-order valence-electron chi connectivity index (χ2n) is 5.76. The van der Waals surface area contributed by atoms with E-state index in [-0.39, 0.29) is 5.54 Å². The maximum absolute atomic E-state index is 6.04. The van der Waals surface area contributed by atoms with Crippen molar-refractivity contribution in [2.24, 2.45) is 0 Å². The molecule has 0 radical (unpaired) electrons. The van der Waals surface area contributed by atoms with E-state index in [9.17, 15) is 0 Å². The number of benzene rings is 1. The van der Waals surface area contributed by atoms with Crippen LogP contribution in [0.1, 0.15) is 38.8 Å². The first-order valence-electron chi connectivity index (χ1n) is 5.92. The first-order valence-corrected chi connectivity index (χ1v) is 6.30. The minimum atomic E-state index is 0.233. The molecule has 1 atom stereocenters. The summed E-state index contributed by atoms with van der Waals surface area (Å²) < 4.78 is 0. The van der Waals surface area contributed by atoms with Crippen LogP contribution in [0.5, 0.6) is 0 Å². The van der Waals surface area contributed by atoms with Crippen LogP contribution in [-0.4, -0.2) is 16.5 Å². The molecule has 16 heavy (non-hydrogen) atoms. The monoisotopic (exact) mass is 237 g/mol. The third-order valence-electron chi connectivity index (χ3n) is 3.42. The van der Waals surface area contributed by atoms with E-state index in [1.54, 1.807) is 0 Å². The van der Waals surface area contributed by atoms with Crippen molar-refractivity contribution in [2.75, 3.05) is 0 Å². The van der Waals surface area contributed by atoms with Gasteiger partial charge in [-0.1, -0.05) is 17.7 Å². The summed E-state index contributed by atoms with van der Waals surface area (Å²) in [6.45, 7) is 10.2. The summed E-state index contributed by atoms with van der Waals surface area (Å²) in [7, 11) is 0. The summed E-state index contributed by atoms with van der Waals surface area (Å²) in [5, 5.41) is 0.857. The number of rotatable bonds is 0. The van der Waals surface area contributed by atoms with Gasteiger partial charge in [-0.15, -0.1) is 0 Å². The largest absolute Gasteiger partial charge is 0.291 e. The summed E-state index contributed by atoms with van der Waals surface area (Å²) >= 11 is 6.04. The van der Waals surface area contributed by atoms with E-state index in [1.807, 2.05) is 6.07 Å². The van der Waals surface area contributed by atoms with Crippen LogP contribution < -0.4 is 0 Å². The van der Waals surface area contributed by atoms with Crippen LogP contribution in [0, 0.1) is 0 Å². The summed E-state index contributed by atoms with van der Waals surface area (Å²) in [4.78, 5) is 2.56. The minimum absolute atomic E-state index is 0.233. The van der Waals surface area contributed by atoms with Crippen molar-refractivity contribution in [3.8, 4) is 0 Å². The van der Waals surface area contributed by atoms with Crippen LogP contribution in [0.3, 0.4) is 0 Å². The van der Waals surface area contributed by atoms with Crippen molar-refractivity contribution < 1.29 is 0 Å². The lowest BCUT2D eigenvalue weighted by Gasteiger charge is -2.44. The molecule has 1 aliphatic rings. The zero-order valence-electron chi connectivity index (χ0n) is 10.5. The van der Waals surface area contributed by atoms with Gasteiger partial charge in [-0.25, -0.2) is 0 Å². The number of hydrogen-bond acceptors (Lipinski definition) is 1. The Hall–Kier alpha value is -0.530. The van der Waals surface area contributed by atoms with Crippen LogP contribution in [0.15, 0.2) is 18.2 Å². The van der Waals surface area contributed by atoms with Crippen LogP contribution in [0.25, 0.3) is 0 Å². The molecule has 0 unspecified atom stereocenters. The van der Waals surface area contributed by atoms with Gasteiger partial charge in [0.2, 0.25) is 0 Å². The van der Waals surface area contributed by atoms with Crippen LogP contribution in [0.4, 0.5) is 0 Å². The van der Waals surface area contributed by atoms with Crippen LogP contribution >= 0.6 is 11.6 Å². The van der Waals surface area contributed by atoms with Crippen molar-refractivity contribution in [1.82, 2.24) is 4.90 Å². The molecule has 0 amide bonds. The number of halogens is 1.